The summed E-state index contributed by atoms with van der Waals surface area (Å²) in [5.41, 5.74) is 2.19. The number of allylic oxidation sites excluding steroid dienone is 1. The van der Waals surface area contributed by atoms with Crippen molar-refractivity contribution in [1.29, 1.82) is 0 Å². The Morgan fingerprint density at radius 2 is 2.12 bits per heavy atom. The predicted octanol–water partition coefficient (Wildman–Crippen LogP) is 0.0992. The van der Waals surface area contributed by atoms with Gasteiger partial charge in [0.1, 0.15) is 5.54 Å². The van der Waals surface area contributed by atoms with Gasteiger partial charge >= 0.3 is 0 Å². The van der Waals surface area contributed by atoms with E-state index in [2.05, 4.69) is 29.4 Å². The standard InChI is InChI=1S/C12H22N4O/c1-12(2)10(13-3)9-5-8(7-17)6-16(9)11(14-4)15-12/h8,13,17H,5-7H2,1-4H3,(H,14,15). The molecule has 2 rings (SSSR count). The van der Waals surface area contributed by atoms with Crippen LogP contribution in [0.25, 0.3) is 0 Å². The van der Waals surface area contributed by atoms with E-state index in [4.69, 9.17) is 4.99 Å². The lowest BCUT2D eigenvalue weighted by atomic mass is 9.96. The highest BCUT2D eigenvalue weighted by Crippen LogP contribution is 2.36. The topological polar surface area (TPSA) is 59.9 Å². The predicted molar refractivity (Wildman–Crippen MR) is 68.6 cm³/mol. The highest BCUT2D eigenvalue weighted by atomic mass is 16.3. The van der Waals surface area contributed by atoms with Gasteiger partial charge in [-0.1, -0.05) is 0 Å². The minimum absolute atomic E-state index is 0.231. The molecule has 3 N–H and O–H groups in total. The van der Waals surface area contributed by atoms with Crippen molar-refractivity contribution in [3.8, 4) is 0 Å². The Labute approximate surface area is 103 Å². The maximum absolute atomic E-state index is 9.33. The van der Waals surface area contributed by atoms with Gasteiger partial charge < -0.3 is 20.6 Å². The van der Waals surface area contributed by atoms with Gasteiger partial charge in [0.2, 0.25) is 0 Å². The molecule has 1 fully saturated rings. The Bertz CT molecular complexity index is 373. The van der Waals surface area contributed by atoms with E-state index in [9.17, 15) is 5.11 Å². The van der Waals surface area contributed by atoms with Gasteiger partial charge in [-0.3, -0.25) is 0 Å². The van der Waals surface area contributed by atoms with Crippen molar-refractivity contribution in [1.82, 2.24) is 15.5 Å². The summed E-state index contributed by atoms with van der Waals surface area (Å²) >= 11 is 0. The minimum Gasteiger partial charge on any atom is -0.396 e. The molecule has 2 heterocycles. The Balaban J connectivity index is 2.42. The largest absolute Gasteiger partial charge is 0.396 e. The molecule has 2 aliphatic heterocycles. The SMILES string of the molecule is CNC1=NC(C)(C)C(NC)=C2CC(CO)CN12. The summed E-state index contributed by atoms with van der Waals surface area (Å²) in [6.45, 7) is 5.28. The molecule has 0 aliphatic carbocycles. The summed E-state index contributed by atoms with van der Waals surface area (Å²) in [5, 5.41) is 15.8. The first kappa shape index (κ1) is 12.2. The van der Waals surface area contributed by atoms with Crippen LogP contribution in [-0.2, 0) is 0 Å². The van der Waals surface area contributed by atoms with E-state index in [0.29, 0.717) is 5.92 Å². The van der Waals surface area contributed by atoms with Gasteiger partial charge in [-0.15, -0.1) is 0 Å². The molecule has 0 spiro atoms. The third kappa shape index (κ3) is 1.88. The number of hydrogen-bond acceptors (Lipinski definition) is 5. The van der Waals surface area contributed by atoms with Crippen LogP contribution in [0.15, 0.2) is 16.4 Å². The third-order valence-corrected chi connectivity index (χ3v) is 3.52. The van der Waals surface area contributed by atoms with Crippen LogP contribution in [0.2, 0.25) is 0 Å². The smallest absolute Gasteiger partial charge is 0.198 e. The monoisotopic (exact) mass is 238 g/mol. The second-order valence-corrected chi connectivity index (χ2v) is 5.18. The highest BCUT2D eigenvalue weighted by Gasteiger charge is 2.39. The van der Waals surface area contributed by atoms with Gasteiger partial charge in [0.25, 0.3) is 0 Å². The average molecular weight is 238 g/mol. The van der Waals surface area contributed by atoms with Crippen molar-refractivity contribution in [3.05, 3.63) is 11.4 Å². The van der Waals surface area contributed by atoms with Crippen molar-refractivity contribution < 1.29 is 5.11 Å². The van der Waals surface area contributed by atoms with Crippen LogP contribution in [0.4, 0.5) is 0 Å². The fourth-order valence-corrected chi connectivity index (χ4v) is 2.77. The number of nitrogens with zero attached hydrogens (tertiary/aromatic N) is 2. The van der Waals surface area contributed by atoms with Crippen LogP contribution in [0, 0.1) is 5.92 Å². The van der Waals surface area contributed by atoms with Gasteiger partial charge in [-0.25, -0.2) is 4.99 Å². The van der Waals surface area contributed by atoms with Crippen LogP contribution in [0.3, 0.4) is 0 Å². The zero-order valence-corrected chi connectivity index (χ0v) is 11.0. The maximum Gasteiger partial charge on any atom is 0.198 e. The number of guanidine groups is 1. The molecule has 1 saturated heterocycles. The summed E-state index contributed by atoms with van der Waals surface area (Å²) in [6.07, 6.45) is 0.913. The van der Waals surface area contributed by atoms with Crippen molar-refractivity contribution in [2.75, 3.05) is 27.2 Å². The fourth-order valence-electron chi connectivity index (χ4n) is 2.77. The molecule has 0 saturated carbocycles. The number of aliphatic imine (C=N–C) groups is 1. The first-order valence-electron chi connectivity index (χ1n) is 6.11. The quantitative estimate of drug-likeness (QED) is 0.638. The van der Waals surface area contributed by atoms with E-state index in [1.807, 2.05) is 14.1 Å². The summed E-state index contributed by atoms with van der Waals surface area (Å²) < 4.78 is 0. The zero-order chi connectivity index (χ0) is 12.6. The number of rotatable bonds is 2. The normalized spacial score (nSPS) is 26.8. The molecule has 17 heavy (non-hydrogen) atoms. The third-order valence-electron chi connectivity index (χ3n) is 3.52. The molecular weight excluding hydrogens is 216 g/mol. The molecule has 5 heteroatoms. The molecule has 2 aliphatic rings. The summed E-state index contributed by atoms with van der Waals surface area (Å²) in [4.78, 5) is 6.90. The lowest BCUT2D eigenvalue weighted by Gasteiger charge is -2.36. The Kier molecular flexibility index (Phi) is 3.03. The number of fused-ring (bicyclic) bond motifs is 1. The minimum atomic E-state index is -0.233. The molecule has 1 atom stereocenters. The number of likely N-dealkylation sites (N-methyl/N-ethyl adjacent to an activating group) is 1. The molecule has 1 unspecified atom stereocenters. The van der Waals surface area contributed by atoms with Crippen LogP contribution >= 0.6 is 0 Å². The lowest BCUT2D eigenvalue weighted by molar-refractivity contribution is 0.232. The Morgan fingerprint density at radius 1 is 1.41 bits per heavy atom. The van der Waals surface area contributed by atoms with Crippen LogP contribution < -0.4 is 10.6 Å². The van der Waals surface area contributed by atoms with Gasteiger partial charge in [0.05, 0.1) is 5.70 Å². The molecule has 0 aromatic heterocycles. The van der Waals surface area contributed by atoms with E-state index >= 15 is 0 Å². The first-order valence-corrected chi connectivity index (χ1v) is 6.11. The van der Waals surface area contributed by atoms with Crippen molar-refractivity contribution in [2.45, 2.75) is 25.8 Å². The van der Waals surface area contributed by atoms with Gasteiger partial charge in [-0.2, -0.15) is 0 Å². The Hall–Kier alpha value is -1.23. The van der Waals surface area contributed by atoms with E-state index in [1.165, 1.54) is 5.70 Å². The van der Waals surface area contributed by atoms with Gasteiger partial charge in [0.15, 0.2) is 5.96 Å². The maximum atomic E-state index is 9.33. The summed E-state index contributed by atoms with van der Waals surface area (Å²) in [7, 11) is 3.83. The van der Waals surface area contributed by atoms with Crippen LogP contribution in [0.1, 0.15) is 20.3 Å². The number of nitrogens with one attached hydrogen (secondary N) is 2. The number of aliphatic hydroxyl groups excluding tert-OH is 1. The molecule has 0 amide bonds. The fraction of sp³-hybridized carbons (Fsp3) is 0.750. The van der Waals surface area contributed by atoms with Gasteiger partial charge in [0, 0.05) is 38.9 Å². The Morgan fingerprint density at radius 3 is 2.65 bits per heavy atom. The molecule has 96 valence electrons. The summed E-state index contributed by atoms with van der Waals surface area (Å²) in [5.74, 6) is 1.21. The molecule has 0 bridgehead atoms. The molecule has 0 aromatic rings. The average Bonchev–Trinajstić information content (AvgIpc) is 2.70. The second-order valence-electron chi connectivity index (χ2n) is 5.18. The zero-order valence-electron chi connectivity index (χ0n) is 11.0. The number of aliphatic hydroxyl groups is 1. The molecule has 0 aromatic carbocycles. The van der Waals surface area contributed by atoms with E-state index in [-0.39, 0.29) is 12.1 Å². The van der Waals surface area contributed by atoms with Gasteiger partial charge in [-0.05, 0) is 20.3 Å². The highest BCUT2D eigenvalue weighted by molar-refractivity contribution is 5.84. The number of hydrogen-bond donors (Lipinski definition) is 3. The molecule has 0 radical (unpaired) electrons. The van der Waals surface area contributed by atoms with Crippen LogP contribution in [-0.4, -0.2) is 48.8 Å². The first-order chi connectivity index (χ1) is 8.03. The van der Waals surface area contributed by atoms with Crippen molar-refractivity contribution in [3.63, 3.8) is 0 Å². The molecular formula is C12H22N4O. The van der Waals surface area contributed by atoms with Crippen LogP contribution in [0.5, 0.6) is 0 Å². The molecule has 5 nitrogen and oxygen atoms in total. The second kappa shape index (κ2) is 4.22. The summed E-state index contributed by atoms with van der Waals surface area (Å²) in [6, 6.07) is 0. The lowest BCUT2D eigenvalue weighted by Crippen LogP contribution is -2.47. The van der Waals surface area contributed by atoms with E-state index < -0.39 is 0 Å². The van der Waals surface area contributed by atoms with E-state index in [1.54, 1.807) is 0 Å². The van der Waals surface area contributed by atoms with E-state index in [0.717, 1.165) is 24.6 Å². The van der Waals surface area contributed by atoms with Crippen molar-refractivity contribution in [2.24, 2.45) is 10.9 Å². The van der Waals surface area contributed by atoms with Crippen molar-refractivity contribution >= 4 is 5.96 Å².